The van der Waals surface area contributed by atoms with Crippen molar-refractivity contribution in [2.24, 2.45) is 0 Å². The standard InChI is InChI=1S/C14H13ClN2O2/c15-11-4-1-9(2-5-11)8-17-13-7-10(14(18)19)3-6-12(13)16/h1-7,17H,8,16H2,(H,18,19). The van der Waals surface area contributed by atoms with E-state index in [0.717, 1.165) is 5.56 Å². The van der Waals surface area contributed by atoms with Gasteiger partial charge in [-0.3, -0.25) is 0 Å². The van der Waals surface area contributed by atoms with Crippen molar-refractivity contribution >= 4 is 28.9 Å². The lowest BCUT2D eigenvalue weighted by molar-refractivity contribution is 0.0697. The van der Waals surface area contributed by atoms with Gasteiger partial charge in [0.05, 0.1) is 16.9 Å². The van der Waals surface area contributed by atoms with Crippen LogP contribution in [-0.4, -0.2) is 11.1 Å². The molecule has 0 saturated carbocycles. The molecule has 19 heavy (non-hydrogen) atoms. The van der Waals surface area contributed by atoms with Crippen LogP contribution in [0.25, 0.3) is 0 Å². The van der Waals surface area contributed by atoms with Crippen LogP contribution >= 0.6 is 11.6 Å². The molecule has 98 valence electrons. The molecule has 0 fully saturated rings. The summed E-state index contributed by atoms with van der Waals surface area (Å²) in [6.07, 6.45) is 0. The Morgan fingerprint density at radius 3 is 2.53 bits per heavy atom. The SMILES string of the molecule is Nc1ccc(C(=O)O)cc1NCc1ccc(Cl)cc1. The molecule has 5 heteroatoms. The summed E-state index contributed by atoms with van der Waals surface area (Å²) < 4.78 is 0. The molecule has 0 aliphatic heterocycles. The third-order valence-electron chi connectivity index (χ3n) is 2.70. The Balaban J connectivity index is 2.12. The monoisotopic (exact) mass is 276 g/mol. The van der Waals surface area contributed by atoms with E-state index in [1.54, 1.807) is 18.2 Å². The average molecular weight is 277 g/mol. The summed E-state index contributed by atoms with van der Waals surface area (Å²) in [5.41, 5.74) is 8.15. The third kappa shape index (κ3) is 3.39. The lowest BCUT2D eigenvalue weighted by atomic mass is 10.1. The van der Waals surface area contributed by atoms with Crippen molar-refractivity contribution in [1.82, 2.24) is 0 Å². The first-order chi connectivity index (χ1) is 9.06. The largest absolute Gasteiger partial charge is 0.478 e. The van der Waals surface area contributed by atoms with Gasteiger partial charge in [-0.2, -0.15) is 0 Å². The fourth-order valence-electron chi connectivity index (χ4n) is 1.64. The number of hydrogen-bond donors (Lipinski definition) is 3. The Labute approximate surface area is 115 Å². The number of halogens is 1. The van der Waals surface area contributed by atoms with E-state index in [1.165, 1.54) is 12.1 Å². The second-order valence-corrected chi connectivity index (χ2v) is 4.52. The van der Waals surface area contributed by atoms with E-state index in [4.69, 9.17) is 22.4 Å². The molecular formula is C14H13ClN2O2. The summed E-state index contributed by atoms with van der Waals surface area (Å²) in [6, 6.07) is 12.0. The molecule has 2 rings (SSSR count). The van der Waals surface area contributed by atoms with E-state index in [0.29, 0.717) is 22.9 Å². The molecule has 0 saturated heterocycles. The first kappa shape index (κ1) is 13.2. The Morgan fingerprint density at radius 2 is 1.89 bits per heavy atom. The highest BCUT2D eigenvalue weighted by atomic mass is 35.5. The van der Waals surface area contributed by atoms with Crippen molar-refractivity contribution in [2.45, 2.75) is 6.54 Å². The summed E-state index contributed by atoms with van der Waals surface area (Å²) in [7, 11) is 0. The number of aromatic carboxylic acids is 1. The molecule has 0 bridgehead atoms. The molecule has 0 aliphatic carbocycles. The highest BCUT2D eigenvalue weighted by molar-refractivity contribution is 6.30. The second-order valence-electron chi connectivity index (χ2n) is 4.09. The van der Waals surface area contributed by atoms with Gasteiger partial charge in [0.25, 0.3) is 0 Å². The van der Waals surface area contributed by atoms with Gasteiger partial charge in [0, 0.05) is 11.6 Å². The fourth-order valence-corrected chi connectivity index (χ4v) is 1.77. The predicted molar refractivity (Wildman–Crippen MR) is 76.6 cm³/mol. The minimum atomic E-state index is -0.977. The molecule has 0 aromatic heterocycles. The first-order valence-corrected chi connectivity index (χ1v) is 6.05. The molecular weight excluding hydrogens is 264 g/mol. The Hall–Kier alpha value is -2.20. The lowest BCUT2D eigenvalue weighted by Gasteiger charge is -2.10. The number of anilines is 2. The maximum Gasteiger partial charge on any atom is 0.335 e. The van der Waals surface area contributed by atoms with Crippen LogP contribution < -0.4 is 11.1 Å². The van der Waals surface area contributed by atoms with Crippen LogP contribution in [0.3, 0.4) is 0 Å². The van der Waals surface area contributed by atoms with Gasteiger partial charge in [0.1, 0.15) is 0 Å². The highest BCUT2D eigenvalue weighted by Crippen LogP contribution is 2.21. The summed E-state index contributed by atoms with van der Waals surface area (Å²) in [5.74, 6) is -0.977. The van der Waals surface area contributed by atoms with Crippen molar-refractivity contribution in [3.05, 3.63) is 58.6 Å². The number of rotatable bonds is 4. The molecule has 0 atom stereocenters. The zero-order valence-electron chi connectivity index (χ0n) is 10.1. The van der Waals surface area contributed by atoms with Crippen LogP contribution in [0.5, 0.6) is 0 Å². The van der Waals surface area contributed by atoms with E-state index in [-0.39, 0.29) is 5.56 Å². The maximum absolute atomic E-state index is 10.9. The number of nitrogens with one attached hydrogen (secondary N) is 1. The predicted octanol–water partition coefficient (Wildman–Crippen LogP) is 3.23. The van der Waals surface area contributed by atoms with E-state index in [1.807, 2.05) is 12.1 Å². The van der Waals surface area contributed by atoms with E-state index in [9.17, 15) is 4.79 Å². The number of carboxylic acids is 1. The first-order valence-electron chi connectivity index (χ1n) is 5.67. The van der Waals surface area contributed by atoms with Crippen LogP contribution in [0.2, 0.25) is 5.02 Å². The number of benzene rings is 2. The quantitative estimate of drug-likeness (QED) is 0.750. The molecule has 0 spiro atoms. The number of hydrogen-bond acceptors (Lipinski definition) is 3. The third-order valence-corrected chi connectivity index (χ3v) is 2.95. The van der Waals surface area contributed by atoms with Gasteiger partial charge in [-0.25, -0.2) is 4.79 Å². The van der Waals surface area contributed by atoms with Crippen LogP contribution in [-0.2, 0) is 6.54 Å². The maximum atomic E-state index is 10.9. The van der Waals surface area contributed by atoms with Gasteiger partial charge in [-0.15, -0.1) is 0 Å². The molecule has 0 radical (unpaired) electrons. The Kier molecular flexibility index (Phi) is 3.92. The highest BCUT2D eigenvalue weighted by Gasteiger charge is 2.06. The molecule has 2 aromatic rings. The smallest absolute Gasteiger partial charge is 0.335 e. The van der Waals surface area contributed by atoms with Gasteiger partial charge >= 0.3 is 5.97 Å². The molecule has 2 aromatic carbocycles. The lowest BCUT2D eigenvalue weighted by Crippen LogP contribution is -2.05. The molecule has 0 aliphatic rings. The molecule has 0 unspecified atom stereocenters. The molecule has 4 nitrogen and oxygen atoms in total. The van der Waals surface area contributed by atoms with Crippen molar-refractivity contribution in [3.8, 4) is 0 Å². The number of nitrogen functional groups attached to an aromatic ring is 1. The topological polar surface area (TPSA) is 75.4 Å². The van der Waals surface area contributed by atoms with Crippen LogP contribution in [0, 0.1) is 0 Å². The van der Waals surface area contributed by atoms with Gasteiger partial charge in [0.2, 0.25) is 0 Å². The second kappa shape index (κ2) is 5.63. The summed E-state index contributed by atoms with van der Waals surface area (Å²) in [5, 5.41) is 12.7. The Morgan fingerprint density at radius 1 is 1.21 bits per heavy atom. The van der Waals surface area contributed by atoms with E-state index < -0.39 is 5.97 Å². The molecule has 4 N–H and O–H groups in total. The Bertz CT molecular complexity index is 597. The number of carbonyl (C=O) groups is 1. The zero-order chi connectivity index (χ0) is 13.8. The number of nitrogens with two attached hydrogens (primary N) is 1. The van der Waals surface area contributed by atoms with Crippen LogP contribution in [0.4, 0.5) is 11.4 Å². The summed E-state index contributed by atoms with van der Waals surface area (Å²) in [4.78, 5) is 10.9. The van der Waals surface area contributed by atoms with Crippen molar-refractivity contribution in [1.29, 1.82) is 0 Å². The minimum absolute atomic E-state index is 0.202. The van der Waals surface area contributed by atoms with Crippen LogP contribution in [0.1, 0.15) is 15.9 Å². The normalized spacial score (nSPS) is 10.2. The van der Waals surface area contributed by atoms with E-state index >= 15 is 0 Å². The van der Waals surface area contributed by atoms with Gasteiger partial charge in [0.15, 0.2) is 0 Å². The van der Waals surface area contributed by atoms with E-state index in [2.05, 4.69) is 5.32 Å². The fraction of sp³-hybridized carbons (Fsp3) is 0.0714. The van der Waals surface area contributed by atoms with Crippen molar-refractivity contribution in [3.63, 3.8) is 0 Å². The average Bonchev–Trinajstić information content (AvgIpc) is 2.39. The molecule has 0 heterocycles. The van der Waals surface area contributed by atoms with Crippen molar-refractivity contribution < 1.29 is 9.90 Å². The number of carboxylic acid groups (broad SMARTS) is 1. The molecule has 0 amide bonds. The summed E-state index contributed by atoms with van der Waals surface area (Å²) >= 11 is 5.80. The van der Waals surface area contributed by atoms with Gasteiger partial charge in [-0.1, -0.05) is 23.7 Å². The summed E-state index contributed by atoms with van der Waals surface area (Å²) in [6.45, 7) is 0.546. The van der Waals surface area contributed by atoms with Gasteiger partial charge in [-0.05, 0) is 35.9 Å². The minimum Gasteiger partial charge on any atom is -0.478 e. The van der Waals surface area contributed by atoms with Crippen molar-refractivity contribution in [2.75, 3.05) is 11.1 Å². The zero-order valence-corrected chi connectivity index (χ0v) is 10.8. The van der Waals surface area contributed by atoms with Crippen LogP contribution in [0.15, 0.2) is 42.5 Å². The van der Waals surface area contributed by atoms with Gasteiger partial charge < -0.3 is 16.2 Å².